The maximum atomic E-state index is 5.45. The van der Waals surface area contributed by atoms with E-state index >= 15 is 0 Å². The van der Waals surface area contributed by atoms with Crippen LogP contribution in [0.5, 0.6) is 0 Å². The Kier molecular flexibility index (Phi) is 6.23. The Labute approximate surface area is 155 Å². The number of pyridine rings is 1. The fraction of sp³-hybridized carbons (Fsp3) is 0.400. The summed E-state index contributed by atoms with van der Waals surface area (Å²) in [4.78, 5) is 4.47. The van der Waals surface area contributed by atoms with E-state index < -0.39 is 0 Å². The second kappa shape index (κ2) is 8.81. The van der Waals surface area contributed by atoms with Crippen LogP contribution in [-0.2, 0) is 0 Å². The highest BCUT2D eigenvalue weighted by atomic mass is 32.1. The number of benzene rings is 1. The number of para-hydroxylation sites is 1. The summed E-state index contributed by atoms with van der Waals surface area (Å²) in [6, 6.07) is 12.6. The van der Waals surface area contributed by atoms with Crippen LogP contribution >= 0.6 is 12.2 Å². The van der Waals surface area contributed by atoms with Crippen LogP contribution in [0.15, 0.2) is 42.6 Å². The van der Waals surface area contributed by atoms with Gasteiger partial charge < -0.3 is 16.0 Å². The highest BCUT2D eigenvalue weighted by molar-refractivity contribution is 7.80. The van der Waals surface area contributed by atoms with Gasteiger partial charge in [0, 0.05) is 11.7 Å². The van der Waals surface area contributed by atoms with E-state index in [0.717, 1.165) is 17.2 Å². The Hall–Kier alpha value is -2.14. The molecule has 4 nitrogen and oxygen atoms in total. The number of rotatable bonds is 4. The van der Waals surface area contributed by atoms with E-state index in [4.69, 9.17) is 12.2 Å². The monoisotopic (exact) mass is 354 g/mol. The van der Waals surface area contributed by atoms with Gasteiger partial charge in [-0.25, -0.2) is 4.98 Å². The molecule has 1 aliphatic rings. The molecule has 3 rings (SSSR count). The molecule has 2 aromatic rings. The number of aromatic nitrogens is 1. The first-order valence-electron chi connectivity index (χ1n) is 9.07. The molecule has 25 heavy (non-hydrogen) atoms. The summed E-state index contributed by atoms with van der Waals surface area (Å²) >= 11 is 5.45. The average Bonchev–Trinajstić information content (AvgIpc) is 2.87. The van der Waals surface area contributed by atoms with Gasteiger partial charge >= 0.3 is 0 Å². The van der Waals surface area contributed by atoms with Crippen molar-refractivity contribution >= 4 is 34.5 Å². The summed E-state index contributed by atoms with van der Waals surface area (Å²) in [5.41, 5.74) is 3.17. The predicted octanol–water partition coefficient (Wildman–Crippen LogP) is 5.14. The lowest BCUT2D eigenvalue weighted by Crippen LogP contribution is -2.37. The minimum atomic E-state index is 0.498. The smallest absolute Gasteiger partial charge is 0.171 e. The first-order chi connectivity index (χ1) is 12.2. The molecule has 1 fully saturated rings. The Morgan fingerprint density at radius 1 is 1.04 bits per heavy atom. The Morgan fingerprint density at radius 3 is 2.48 bits per heavy atom. The van der Waals surface area contributed by atoms with E-state index in [9.17, 15) is 0 Å². The highest BCUT2D eigenvalue weighted by Gasteiger charge is 2.13. The molecule has 1 aromatic heterocycles. The van der Waals surface area contributed by atoms with Gasteiger partial charge in [0.15, 0.2) is 5.11 Å². The van der Waals surface area contributed by atoms with E-state index in [-0.39, 0.29) is 0 Å². The maximum Gasteiger partial charge on any atom is 0.171 e. The number of nitrogens with one attached hydrogen (secondary N) is 3. The van der Waals surface area contributed by atoms with Crippen LogP contribution in [0.4, 0.5) is 17.2 Å². The number of anilines is 3. The van der Waals surface area contributed by atoms with Crippen molar-refractivity contribution in [1.82, 2.24) is 10.3 Å². The SMILES string of the molecule is Cc1ccccc1Nc1ccc(NC(=S)NC2CCCCCC2)cn1. The van der Waals surface area contributed by atoms with Gasteiger partial charge in [-0.1, -0.05) is 43.9 Å². The summed E-state index contributed by atoms with van der Waals surface area (Å²) in [5, 5.41) is 10.7. The molecular weight excluding hydrogens is 328 g/mol. The average molecular weight is 355 g/mol. The molecule has 0 radical (unpaired) electrons. The van der Waals surface area contributed by atoms with Crippen molar-refractivity contribution in [2.24, 2.45) is 0 Å². The molecule has 0 aliphatic heterocycles. The van der Waals surface area contributed by atoms with Crippen molar-refractivity contribution in [1.29, 1.82) is 0 Å². The minimum absolute atomic E-state index is 0.498. The molecule has 1 aliphatic carbocycles. The van der Waals surface area contributed by atoms with E-state index in [1.165, 1.54) is 44.1 Å². The quantitative estimate of drug-likeness (QED) is 0.524. The molecule has 3 N–H and O–H groups in total. The summed E-state index contributed by atoms with van der Waals surface area (Å²) in [6.07, 6.45) is 9.50. The molecule has 0 spiro atoms. The molecule has 0 saturated heterocycles. The van der Waals surface area contributed by atoms with Crippen molar-refractivity contribution in [3.8, 4) is 0 Å². The molecule has 0 amide bonds. The minimum Gasteiger partial charge on any atom is -0.360 e. The molecule has 1 heterocycles. The van der Waals surface area contributed by atoms with Crippen molar-refractivity contribution in [2.45, 2.75) is 51.5 Å². The van der Waals surface area contributed by atoms with Crippen LogP contribution in [0.1, 0.15) is 44.1 Å². The Bertz CT molecular complexity index is 691. The van der Waals surface area contributed by atoms with Gasteiger partial charge in [0.05, 0.1) is 11.9 Å². The molecule has 5 heteroatoms. The lowest BCUT2D eigenvalue weighted by molar-refractivity contribution is 0.535. The van der Waals surface area contributed by atoms with Crippen LogP contribution in [0.3, 0.4) is 0 Å². The van der Waals surface area contributed by atoms with E-state index in [2.05, 4.69) is 40.0 Å². The molecule has 1 saturated carbocycles. The fourth-order valence-corrected chi connectivity index (χ4v) is 3.45. The van der Waals surface area contributed by atoms with Crippen LogP contribution < -0.4 is 16.0 Å². The number of thiocarbonyl (C=S) groups is 1. The van der Waals surface area contributed by atoms with Gasteiger partial charge in [0.25, 0.3) is 0 Å². The number of hydrogen-bond donors (Lipinski definition) is 3. The zero-order chi connectivity index (χ0) is 17.5. The third-order valence-electron chi connectivity index (χ3n) is 4.62. The lowest BCUT2D eigenvalue weighted by atomic mass is 10.1. The zero-order valence-electron chi connectivity index (χ0n) is 14.7. The van der Waals surface area contributed by atoms with E-state index in [1.807, 2.05) is 30.5 Å². The van der Waals surface area contributed by atoms with Gasteiger partial charge in [-0.2, -0.15) is 0 Å². The Balaban J connectivity index is 1.53. The topological polar surface area (TPSA) is 49.0 Å². The molecule has 1 aromatic carbocycles. The summed E-state index contributed by atoms with van der Waals surface area (Å²) in [7, 11) is 0. The van der Waals surface area contributed by atoms with Crippen molar-refractivity contribution in [3.63, 3.8) is 0 Å². The number of hydrogen-bond acceptors (Lipinski definition) is 3. The van der Waals surface area contributed by atoms with Crippen LogP contribution in [0, 0.1) is 6.92 Å². The first-order valence-corrected chi connectivity index (χ1v) is 9.48. The molecule has 132 valence electrons. The lowest BCUT2D eigenvalue weighted by Gasteiger charge is -2.19. The third kappa shape index (κ3) is 5.43. The summed E-state index contributed by atoms with van der Waals surface area (Å²) < 4.78 is 0. The largest absolute Gasteiger partial charge is 0.360 e. The number of nitrogens with zero attached hydrogens (tertiary/aromatic N) is 1. The molecule has 0 bridgehead atoms. The van der Waals surface area contributed by atoms with Gasteiger partial charge in [0.2, 0.25) is 0 Å². The first kappa shape index (κ1) is 17.7. The molecular formula is C20H26N4S. The number of aryl methyl sites for hydroxylation is 1. The highest BCUT2D eigenvalue weighted by Crippen LogP contribution is 2.20. The van der Waals surface area contributed by atoms with Crippen molar-refractivity contribution < 1.29 is 0 Å². The van der Waals surface area contributed by atoms with Gasteiger partial charge in [-0.3, -0.25) is 0 Å². The van der Waals surface area contributed by atoms with Crippen LogP contribution in [-0.4, -0.2) is 16.1 Å². The van der Waals surface area contributed by atoms with Crippen molar-refractivity contribution in [3.05, 3.63) is 48.2 Å². The van der Waals surface area contributed by atoms with E-state index in [1.54, 1.807) is 0 Å². The fourth-order valence-electron chi connectivity index (χ4n) is 3.17. The zero-order valence-corrected chi connectivity index (χ0v) is 15.5. The normalized spacial score (nSPS) is 15.2. The summed E-state index contributed by atoms with van der Waals surface area (Å²) in [6.45, 7) is 2.08. The van der Waals surface area contributed by atoms with Gasteiger partial charge in [0.1, 0.15) is 5.82 Å². The molecule has 0 atom stereocenters. The van der Waals surface area contributed by atoms with Crippen LogP contribution in [0.25, 0.3) is 0 Å². The predicted molar refractivity (Wildman–Crippen MR) is 110 cm³/mol. The second-order valence-electron chi connectivity index (χ2n) is 6.66. The standard InChI is InChI=1S/C20H26N4S/c1-15-8-6-7-11-18(15)24-19-13-12-17(14-21-19)23-20(25)22-16-9-4-2-3-5-10-16/h6-8,11-14,16H,2-5,9-10H2,1H3,(H,21,24)(H2,22,23,25). The van der Waals surface area contributed by atoms with Crippen LogP contribution in [0.2, 0.25) is 0 Å². The van der Waals surface area contributed by atoms with Crippen molar-refractivity contribution in [2.75, 3.05) is 10.6 Å². The summed E-state index contributed by atoms with van der Waals surface area (Å²) in [5.74, 6) is 0.822. The Morgan fingerprint density at radius 2 is 1.80 bits per heavy atom. The van der Waals surface area contributed by atoms with Gasteiger partial charge in [-0.05, 0) is 55.7 Å². The van der Waals surface area contributed by atoms with E-state index in [0.29, 0.717) is 11.2 Å². The molecule has 0 unspecified atom stereocenters. The third-order valence-corrected chi connectivity index (χ3v) is 4.84. The van der Waals surface area contributed by atoms with Gasteiger partial charge in [-0.15, -0.1) is 0 Å². The maximum absolute atomic E-state index is 5.45. The second-order valence-corrected chi connectivity index (χ2v) is 7.07.